The highest BCUT2D eigenvalue weighted by Crippen LogP contribution is 2.26. The lowest BCUT2D eigenvalue weighted by Gasteiger charge is -2.33. The molecule has 0 saturated carbocycles. The van der Waals surface area contributed by atoms with E-state index in [1.54, 1.807) is 12.1 Å². The van der Waals surface area contributed by atoms with Crippen LogP contribution in [0.1, 0.15) is 35.7 Å². The minimum Gasteiger partial charge on any atom is -0.462 e. The molecule has 2 rings (SSSR count). The van der Waals surface area contributed by atoms with E-state index in [0.717, 1.165) is 12.0 Å². The van der Waals surface area contributed by atoms with E-state index in [-0.39, 0.29) is 24.6 Å². The molecule has 0 aromatic heterocycles. The fourth-order valence-corrected chi connectivity index (χ4v) is 2.29. The molecule has 0 radical (unpaired) electrons. The predicted octanol–water partition coefficient (Wildman–Crippen LogP) is 1.72. The van der Waals surface area contributed by atoms with E-state index in [9.17, 15) is 9.59 Å². The largest absolute Gasteiger partial charge is 0.462 e. The van der Waals surface area contributed by atoms with Crippen molar-refractivity contribution in [1.82, 2.24) is 0 Å². The molecule has 1 heterocycles. The van der Waals surface area contributed by atoms with Crippen molar-refractivity contribution in [2.24, 2.45) is 5.92 Å². The van der Waals surface area contributed by atoms with E-state index in [0.29, 0.717) is 25.0 Å². The Morgan fingerprint density at radius 3 is 2.90 bits per heavy atom. The Morgan fingerprint density at radius 2 is 2.24 bits per heavy atom. The van der Waals surface area contributed by atoms with Crippen LogP contribution in [0.15, 0.2) is 24.3 Å². The first kappa shape index (κ1) is 15.5. The Labute approximate surface area is 123 Å². The molecule has 1 N–H and O–H groups in total. The number of esters is 2. The number of aliphatic hydroxyl groups is 1. The highest BCUT2D eigenvalue weighted by atomic mass is 16.6. The topological polar surface area (TPSA) is 72.8 Å². The van der Waals surface area contributed by atoms with Crippen LogP contribution in [0, 0.1) is 5.92 Å². The first-order valence-corrected chi connectivity index (χ1v) is 7.23. The number of carbonyl (C=O) groups excluding carboxylic acids is 2. The van der Waals surface area contributed by atoms with Crippen molar-refractivity contribution < 1.29 is 24.2 Å². The highest BCUT2D eigenvalue weighted by Gasteiger charge is 2.41. The van der Waals surface area contributed by atoms with Gasteiger partial charge in [0.05, 0.1) is 18.8 Å². The smallest absolute Gasteiger partial charge is 0.338 e. The molecule has 2 atom stereocenters. The number of aliphatic hydroxyl groups excluding tert-OH is 1. The van der Waals surface area contributed by atoms with Gasteiger partial charge in [-0.25, -0.2) is 4.79 Å². The van der Waals surface area contributed by atoms with Crippen molar-refractivity contribution in [3.05, 3.63) is 35.4 Å². The van der Waals surface area contributed by atoms with Crippen LogP contribution in [0.2, 0.25) is 0 Å². The lowest BCUT2D eigenvalue weighted by Crippen LogP contribution is -2.47. The number of rotatable bonds is 7. The normalized spacial score (nSPS) is 20.6. The van der Waals surface area contributed by atoms with Crippen LogP contribution in [0.4, 0.5) is 0 Å². The standard InChI is InChI=1S/C16H20O5/c1-2-8-20-15(18)12-5-3-4-11(9-12)6-7-14-13(10-17)16(19)21-14/h3-5,9,13-14,17H,2,6-8,10H2,1H3/t13-,14-/m0/s1. The van der Waals surface area contributed by atoms with Gasteiger partial charge in [-0.15, -0.1) is 0 Å². The Balaban J connectivity index is 1.89. The van der Waals surface area contributed by atoms with Crippen molar-refractivity contribution in [2.75, 3.05) is 13.2 Å². The second kappa shape index (κ2) is 7.22. The summed E-state index contributed by atoms with van der Waals surface area (Å²) < 4.78 is 10.1. The number of ether oxygens (including phenoxy) is 2. The summed E-state index contributed by atoms with van der Waals surface area (Å²) in [5.74, 6) is -1.05. The average Bonchev–Trinajstić information content (AvgIpc) is 2.49. The van der Waals surface area contributed by atoms with Gasteiger partial charge in [0.15, 0.2) is 0 Å². The fraction of sp³-hybridized carbons (Fsp3) is 0.500. The van der Waals surface area contributed by atoms with Crippen molar-refractivity contribution >= 4 is 11.9 Å². The monoisotopic (exact) mass is 292 g/mol. The number of cyclic esters (lactones) is 1. The summed E-state index contributed by atoms with van der Waals surface area (Å²) in [6.07, 6.45) is 1.90. The molecule has 0 spiro atoms. The third-order valence-corrected chi connectivity index (χ3v) is 3.53. The van der Waals surface area contributed by atoms with Crippen LogP contribution < -0.4 is 0 Å². The van der Waals surface area contributed by atoms with E-state index in [1.165, 1.54) is 0 Å². The first-order valence-electron chi connectivity index (χ1n) is 7.23. The predicted molar refractivity (Wildman–Crippen MR) is 75.8 cm³/mol. The SMILES string of the molecule is CCCOC(=O)c1cccc(CC[C@@H]2OC(=O)[C@H]2CO)c1. The van der Waals surface area contributed by atoms with E-state index in [1.807, 2.05) is 19.1 Å². The zero-order valence-corrected chi connectivity index (χ0v) is 12.1. The maximum Gasteiger partial charge on any atom is 0.338 e. The lowest BCUT2D eigenvalue weighted by atomic mass is 9.92. The van der Waals surface area contributed by atoms with Crippen molar-refractivity contribution in [2.45, 2.75) is 32.3 Å². The molecule has 5 heteroatoms. The van der Waals surface area contributed by atoms with Gasteiger partial charge in [0.2, 0.25) is 0 Å². The summed E-state index contributed by atoms with van der Waals surface area (Å²) in [6.45, 7) is 2.19. The molecule has 1 aromatic carbocycles. The molecular weight excluding hydrogens is 272 g/mol. The lowest BCUT2D eigenvalue weighted by molar-refractivity contribution is -0.188. The Kier molecular flexibility index (Phi) is 5.33. The van der Waals surface area contributed by atoms with Gasteiger partial charge in [-0.05, 0) is 37.0 Å². The molecule has 1 aromatic rings. The molecule has 0 aliphatic carbocycles. The quantitative estimate of drug-likeness (QED) is 0.775. The molecular formula is C16H20O5. The first-order chi connectivity index (χ1) is 10.2. The third-order valence-electron chi connectivity index (χ3n) is 3.53. The minimum atomic E-state index is -0.400. The molecule has 0 bridgehead atoms. The van der Waals surface area contributed by atoms with Crippen LogP contribution in [0.5, 0.6) is 0 Å². The van der Waals surface area contributed by atoms with Crippen LogP contribution >= 0.6 is 0 Å². The van der Waals surface area contributed by atoms with E-state index < -0.39 is 5.92 Å². The minimum absolute atomic E-state index is 0.174. The van der Waals surface area contributed by atoms with Crippen molar-refractivity contribution in [3.8, 4) is 0 Å². The van der Waals surface area contributed by atoms with E-state index in [4.69, 9.17) is 14.6 Å². The van der Waals surface area contributed by atoms with Crippen LogP contribution in [0.3, 0.4) is 0 Å². The van der Waals surface area contributed by atoms with Gasteiger partial charge in [-0.2, -0.15) is 0 Å². The molecule has 5 nitrogen and oxygen atoms in total. The summed E-state index contributed by atoms with van der Waals surface area (Å²) in [7, 11) is 0. The van der Waals surface area contributed by atoms with E-state index >= 15 is 0 Å². The van der Waals surface area contributed by atoms with Gasteiger partial charge in [0, 0.05) is 0 Å². The van der Waals surface area contributed by atoms with Crippen LogP contribution in [0.25, 0.3) is 0 Å². The molecule has 1 aliphatic rings. The van der Waals surface area contributed by atoms with E-state index in [2.05, 4.69) is 0 Å². The van der Waals surface area contributed by atoms with Gasteiger partial charge in [-0.1, -0.05) is 19.1 Å². The fourth-order valence-electron chi connectivity index (χ4n) is 2.29. The number of aryl methyl sites for hydroxylation is 1. The van der Waals surface area contributed by atoms with Gasteiger partial charge in [0.25, 0.3) is 0 Å². The zero-order chi connectivity index (χ0) is 15.2. The molecule has 1 fully saturated rings. The van der Waals surface area contributed by atoms with Gasteiger partial charge >= 0.3 is 11.9 Å². The average molecular weight is 292 g/mol. The third kappa shape index (κ3) is 3.82. The molecule has 0 amide bonds. The summed E-state index contributed by atoms with van der Waals surface area (Å²) >= 11 is 0. The highest BCUT2D eigenvalue weighted by molar-refractivity contribution is 5.89. The summed E-state index contributed by atoms with van der Waals surface area (Å²) in [5, 5.41) is 9.06. The molecule has 1 saturated heterocycles. The second-order valence-electron chi connectivity index (χ2n) is 5.14. The van der Waals surface area contributed by atoms with Crippen LogP contribution in [-0.4, -0.2) is 36.4 Å². The number of hydrogen-bond acceptors (Lipinski definition) is 5. The summed E-state index contributed by atoms with van der Waals surface area (Å²) in [4.78, 5) is 22.9. The second-order valence-corrected chi connectivity index (χ2v) is 5.14. The van der Waals surface area contributed by atoms with Crippen molar-refractivity contribution in [3.63, 3.8) is 0 Å². The van der Waals surface area contributed by atoms with Gasteiger partial charge in [0.1, 0.15) is 12.0 Å². The Morgan fingerprint density at radius 1 is 1.43 bits per heavy atom. The van der Waals surface area contributed by atoms with Gasteiger partial charge < -0.3 is 14.6 Å². The molecule has 1 aliphatic heterocycles. The molecule has 0 unspecified atom stereocenters. The maximum absolute atomic E-state index is 11.8. The summed E-state index contributed by atoms with van der Waals surface area (Å²) in [5.41, 5.74) is 1.52. The maximum atomic E-state index is 11.8. The summed E-state index contributed by atoms with van der Waals surface area (Å²) in [6, 6.07) is 7.26. The Hall–Kier alpha value is -1.88. The van der Waals surface area contributed by atoms with Gasteiger partial charge in [-0.3, -0.25) is 4.79 Å². The zero-order valence-electron chi connectivity index (χ0n) is 12.1. The van der Waals surface area contributed by atoms with Crippen LogP contribution in [-0.2, 0) is 20.7 Å². The number of carbonyl (C=O) groups is 2. The molecule has 114 valence electrons. The number of hydrogen-bond donors (Lipinski definition) is 1. The van der Waals surface area contributed by atoms with Crippen molar-refractivity contribution in [1.29, 1.82) is 0 Å². The Bertz CT molecular complexity index is 511. The molecule has 21 heavy (non-hydrogen) atoms. The number of benzene rings is 1.